The number of rotatable bonds is 21. The summed E-state index contributed by atoms with van der Waals surface area (Å²) >= 11 is 0. The van der Waals surface area contributed by atoms with Crippen LogP contribution in [0.5, 0.6) is 0 Å². The zero-order chi connectivity index (χ0) is 19.3. The van der Waals surface area contributed by atoms with Crippen LogP contribution >= 0.6 is 0 Å². The highest BCUT2D eigenvalue weighted by molar-refractivity contribution is 5.73. The summed E-state index contributed by atoms with van der Waals surface area (Å²) < 4.78 is 0. The molecule has 0 aromatic rings. The summed E-state index contributed by atoms with van der Waals surface area (Å²) in [7, 11) is 0. The molecule has 156 valence electrons. The third-order valence-electron chi connectivity index (χ3n) is 5.17. The van der Waals surface area contributed by atoms with E-state index in [9.17, 15) is 9.90 Å². The molecule has 0 amide bonds. The Morgan fingerprint density at radius 1 is 0.769 bits per heavy atom. The van der Waals surface area contributed by atoms with Crippen LogP contribution in [-0.4, -0.2) is 30.2 Å². The van der Waals surface area contributed by atoms with Crippen LogP contribution in [-0.2, 0) is 4.79 Å². The zero-order valence-corrected chi connectivity index (χ0v) is 17.4. The fraction of sp³-hybridized carbons (Fsp3) is 0.955. The van der Waals surface area contributed by atoms with Crippen molar-refractivity contribution in [2.45, 2.75) is 122 Å². The van der Waals surface area contributed by atoms with E-state index in [1.54, 1.807) is 0 Å². The molecule has 0 aliphatic rings. The number of carboxylic acids is 1. The predicted molar refractivity (Wildman–Crippen MR) is 113 cm³/mol. The molecule has 1 unspecified atom stereocenters. The lowest BCUT2D eigenvalue weighted by molar-refractivity contribution is -0.139. The van der Waals surface area contributed by atoms with Gasteiger partial charge in [-0.2, -0.15) is 0 Å². The zero-order valence-electron chi connectivity index (χ0n) is 17.4. The highest BCUT2D eigenvalue weighted by Crippen LogP contribution is 2.12. The summed E-state index contributed by atoms with van der Waals surface area (Å²) in [5.41, 5.74) is 5.46. The number of hydrogen-bond donors (Lipinski definition) is 3. The van der Waals surface area contributed by atoms with E-state index in [2.05, 4.69) is 12.2 Å². The second kappa shape index (κ2) is 20.7. The number of aliphatic carboxylic acids is 1. The van der Waals surface area contributed by atoms with E-state index >= 15 is 0 Å². The van der Waals surface area contributed by atoms with Gasteiger partial charge in [-0.3, -0.25) is 4.79 Å². The fourth-order valence-electron chi connectivity index (χ4n) is 3.40. The number of unbranched alkanes of at least 4 members (excludes halogenated alkanes) is 14. The minimum Gasteiger partial charge on any atom is -0.480 e. The second-order valence-electron chi connectivity index (χ2n) is 7.73. The lowest BCUT2D eigenvalue weighted by Crippen LogP contribution is -2.37. The molecular formula is C22H46N2O2. The fourth-order valence-corrected chi connectivity index (χ4v) is 3.40. The van der Waals surface area contributed by atoms with Gasteiger partial charge in [0.2, 0.25) is 0 Å². The van der Waals surface area contributed by atoms with Gasteiger partial charge in [-0.25, -0.2) is 0 Å². The van der Waals surface area contributed by atoms with Gasteiger partial charge in [0.05, 0.1) is 0 Å². The van der Waals surface area contributed by atoms with Crippen LogP contribution in [0.25, 0.3) is 0 Å². The molecule has 0 aromatic heterocycles. The van der Waals surface area contributed by atoms with Gasteiger partial charge in [-0.05, 0) is 32.4 Å². The Hall–Kier alpha value is -0.610. The van der Waals surface area contributed by atoms with Crippen LogP contribution in [0.1, 0.15) is 116 Å². The topological polar surface area (TPSA) is 75.3 Å². The van der Waals surface area contributed by atoms with Crippen molar-refractivity contribution in [2.75, 3.05) is 13.1 Å². The molecule has 0 heterocycles. The van der Waals surface area contributed by atoms with Crippen molar-refractivity contribution in [3.63, 3.8) is 0 Å². The van der Waals surface area contributed by atoms with Crippen molar-refractivity contribution < 1.29 is 9.90 Å². The molecule has 0 radical (unpaired) electrons. The van der Waals surface area contributed by atoms with E-state index in [0.29, 0.717) is 13.0 Å². The minimum absolute atomic E-state index is 0.400. The lowest BCUT2D eigenvalue weighted by Gasteiger charge is -2.14. The maximum atomic E-state index is 11.2. The maximum Gasteiger partial charge on any atom is 0.320 e. The van der Waals surface area contributed by atoms with Gasteiger partial charge in [0.15, 0.2) is 0 Å². The molecule has 1 atom stereocenters. The van der Waals surface area contributed by atoms with Crippen LogP contribution in [0.15, 0.2) is 0 Å². The highest BCUT2D eigenvalue weighted by Gasteiger charge is 2.15. The summed E-state index contributed by atoms with van der Waals surface area (Å²) in [6.07, 6.45) is 21.4. The number of carboxylic acid groups (broad SMARTS) is 1. The summed E-state index contributed by atoms with van der Waals surface area (Å²) in [5.74, 6) is -0.729. The van der Waals surface area contributed by atoms with Crippen LogP contribution < -0.4 is 11.1 Å². The van der Waals surface area contributed by atoms with E-state index in [0.717, 1.165) is 25.8 Å². The number of carbonyl (C=O) groups is 1. The molecule has 26 heavy (non-hydrogen) atoms. The van der Waals surface area contributed by atoms with Crippen LogP contribution in [0.3, 0.4) is 0 Å². The average Bonchev–Trinajstić information content (AvgIpc) is 2.63. The SMILES string of the molecule is CCCCCCCCCCCCCCCCNC(CCCCN)C(=O)O. The summed E-state index contributed by atoms with van der Waals surface area (Å²) in [6, 6.07) is -0.400. The largest absolute Gasteiger partial charge is 0.480 e. The number of hydrogen-bond acceptors (Lipinski definition) is 3. The standard InChI is InChI=1S/C22H46N2O2/c1-2-3-4-5-6-7-8-9-10-11-12-13-14-17-20-24-21(22(25)26)18-15-16-19-23/h21,24H,2-20,23H2,1H3,(H,25,26). The first-order chi connectivity index (χ1) is 12.7. The summed E-state index contributed by atoms with van der Waals surface area (Å²) in [5, 5.41) is 12.4. The summed E-state index contributed by atoms with van der Waals surface area (Å²) in [4.78, 5) is 11.2. The number of nitrogens with one attached hydrogen (secondary N) is 1. The second-order valence-corrected chi connectivity index (χ2v) is 7.73. The Morgan fingerprint density at radius 3 is 1.65 bits per heavy atom. The highest BCUT2D eigenvalue weighted by atomic mass is 16.4. The molecular weight excluding hydrogens is 324 g/mol. The van der Waals surface area contributed by atoms with Gasteiger partial charge >= 0.3 is 5.97 Å². The maximum absolute atomic E-state index is 11.2. The monoisotopic (exact) mass is 370 g/mol. The predicted octanol–water partition coefficient (Wildman–Crippen LogP) is 5.64. The molecule has 0 bridgehead atoms. The molecule has 0 fully saturated rings. The first-order valence-electron chi connectivity index (χ1n) is 11.4. The molecule has 0 aromatic carbocycles. The number of nitrogens with two attached hydrogens (primary N) is 1. The van der Waals surface area contributed by atoms with Crippen molar-refractivity contribution in [3.8, 4) is 0 Å². The molecule has 0 saturated carbocycles. The molecule has 0 aliphatic heterocycles. The van der Waals surface area contributed by atoms with Crippen molar-refractivity contribution in [3.05, 3.63) is 0 Å². The molecule has 0 rings (SSSR count). The van der Waals surface area contributed by atoms with E-state index < -0.39 is 12.0 Å². The van der Waals surface area contributed by atoms with Crippen molar-refractivity contribution >= 4 is 5.97 Å². The van der Waals surface area contributed by atoms with Gasteiger partial charge in [0, 0.05) is 0 Å². The Balaban J connectivity index is 3.28. The Bertz CT molecular complexity index is 298. The molecule has 0 spiro atoms. The smallest absolute Gasteiger partial charge is 0.320 e. The normalized spacial score (nSPS) is 12.4. The van der Waals surface area contributed by atoms with Gasteiger partial charge in [0.25, 0.3) is 0 Å². The van der Waals surface area contributed by atoms with Gasteiger partial charge in [0.1, 0.15) is 6.04 Å². The van der Waals surface area contributed by atoms with Crippen LogP contribution in [0, 0.1) is 0 Å². The van der Waals surface area contributed by atoms with Gasteiger partial charge in [-0.15, -0.1) is 0 Å². The molecule has 4 heteroatoms. The van der Waals surface area contributed by atoms with Crippen LogP contribution in [0.2, 0.25) is 0 Å². The van der Waals surface area contributed by atoms with E-state index in [1.165, 1.54) is 83.5 Å². The average molecular weight is 371 g/mol. The Labute approximate surface area is 162 Å². The van der Waals surface area contributed by atoms with Gasteiger partial charge in [-0.1, -0.05) is 96.8 Å². The van der Waals surface area contributed by atoms with Crippen molar-refractivity contribution in [2.24, 2.45) is 5.73 Å². The third kappa shape index (κ3) is 18.2. The minimum atomic E-state index is -0.729. The third-order valence-corrected chi connectivity index (χ3v) is 5.17. The first kappa shape index (κ1) is 25.4. The molecule has 4 nitrogen and oxygen atoms in total. The molecule has 0 saturated heterocycles. The lowest BCUT2D eigenvalue weighted by atomic mass is 10.0. The Kier molecular flexibility index (Phi) is 20.2. The van der Waals surface area contributed by atoms with Crippen molar-refractivity contribution in [1.29, 1.82) is 0 Å². The molecule has 4 N–H and O–H groups in total. The van der Waals surface area contributed by atoms with E-state index in [-0.39, 0.29) is 0 Å². The molecule has 0 aliphatic carbocycles. The first-order valence-corrected chi connectivity index (χ1v) is 11.4. The van der Waals surface area contributed by atoms with Gasteiger partial charge < -0.3 is 16.2 Å². The van der Waals surface area contributed by atoms with E-state index in [1.807, 2.05) is 0 Å². The van der Waals surface area contributed by atoms with E-state index in [4.69, 9.17) is 5.73 Å². The van der Waals surface area contributed by atoms with Crippen molar-refractivity contribution in [1.82, 2.24) is 5.32 Å². The van der Waals surface area contributed by atoms with Crippen LogP contribution in [0.4, 0.5) is 0 Å². The quantitative estimate of drug-likeness (QED) is 0.229. The Morgan fingerprint density at radius 2 is 1.23 bits per heavy atom. The summed E-state index contributed by atoms with van der Waals surface area (Å²) in [6.45, 7) is 3.73.